The minimum Gasteiger partial charge on any atom is -0.471 e. The van der Waals surface area contributed by atoms with Gasteiger partial charge in [-0.25, -0.2) is 4.98 Å². The summed E-state index contributed by atoms with van der Waals surface area (Å²) in [4.78, 5) is 5.11. The van der Waals surface area contributed by atoms with E-state index in [1.165, 1.54) is 16.5 Å². The van der Waals surface area contributed by atoms with E-state index in [0.29, 0.717) is 10.9 Å². The van der Waals surface area contributed by atoms with Gasteiger partial charge in [-0.15, -0.1) is 11.8 Å². The van der Waals surface area contributed by atoms with Crippen LogP contribution in [0.5, 0.6) is 5.88 Å². The number of nitrogens with zero attached hydrogens (tertiary/aromatic N) is 3. The van der Waals surface area contributed by atoms with Crippen molar-refractivity contribution in [1.82, 2.24) is 14.8 Å². The number of pyridine rings is 1. The summed E-state index contributed by atoms with van der Waals surface area (Å²) in [5.74, 6) is 2.26. The number of aromatic nitrogens is 3. The molecule has 0 radical (unpaired) electrons. The van der Waals surface area contributed by atoms with E-state index in [1.807, 2.05) is 40.7 Å². The molecule has 0 saturated carbocycles. The van der Waals surface area contributed by atoms with Gasteiger partial charge in [-0.1, -0.05) is 41.9 Å². The van der Waals surface area contributed by atoms with Gasteiger partial charge in [-0.2, -0.15) is 9.78 Å². The second kappa shape index (κ2) is 7.00. The maximum Gasteiger partial charge on any atom is 0.221 e. The molecule has 2 aliphatic rings. The van der Waals surface area contributed by atoms with Crippen molar-refractivity contribution in [2.75, 3.05) is 5.75 Å². The Morgan fingerprint density at radius 1 is 1.12 bits per heavy atom. The summed E-state index contributed by atoms with van der Waals surface area (Å²) in [5.41, 5.74) is 6.21. The van der Waals surface area contributed by atoms with Gasteiger partial charge in [0, 0.05) is 28.5 Å². The van der Waals surface area contributed by atoms with Crippen LogP contribution in [0.3, 0.4) is 0 Å². The molecule has 0 bridgehead atoms. The number of aryl methyl sites for hydroxylation is 2. The van der Waals surface area contributed by atoms with Crippen molar-refractivity contribution in [3.05, 3.63) is 75.9 Å². The average Bonchev–Trinajstić information content (AvgIpc) is 3.07. The molecule has 2 aromatic heterocycles. The number of thioether (sulfide) groups is 1. The van der Waals surface area contributed by atoms with Crippen LogP contribution >= 0.6 is 23.4 Å². The van der Waals surface area contributed by atoms with Gasteiger partial charge in [-0.05, 0) is 57.0 Å². The number of rotatable bonds is 1. The Hall–Kier alpha value is -2.50. The molecule has 0 amide bonds. The second-order valence-corrected chi connectivity index (χ2v) is 10.7. The summed E-state index contributed by atoms with van der Waals surface area (Å²) in [6, 6.07) is 16.5. The Morgan fingerprint density at radius 2 is 1.94 bits per heavy atom. The molecule has 2 atom stereocenters. The summed E-state index contributed by atoms with van der Waals surface area (Å²) < 4.78 is 8.56. The average molecular weight is 462 g/mol. The SMILES string of the molecule is Cc1nn(-c2ccccc2Cl)c2c1[C@H]1c3cc4cccc(C)c4nc3SC[C@H]1C(C)(C)O2. The van der Waals surface area contributed by atoms with Gasteiger partial charge in [0.25, 0.3) is 0 Å². The molecule has 6 rings (SSSR count). The second-order valence-electron chi connectivity index (χ2n) is 9.30. The Morgan fingerprint density at radius 3 is 2.75 bits per heavy atom. The van der Waals surface area contributed by atoms with Gasteiger partial charge in [-0.3, -0.25) is 0 Å². The number of fused-ring (bicyclic) bond motifs is 6. The van der Waals surface area contributed by atoms with Gasteiger partial charge >= 0.3 is 0 Å². The van der Waals surface area contributed by atoms with E-state index in [-0.39, 0.29) is 11.5 Å². The Bertz CT molecular complexity index is 1390. The molecule has 0 aliphatic carbocycles. The molecule has 4 heterocycles. The highest BCUT2D eigenvalue weighted by Crippen LogP contribution is 2.55. The van der Waals surface area contributed by atoms with Crippen LogP contribution in [-0.4, -0.2) is 26.1 Å². The van der Waals surface area contributed by atoms with E-state index in [9.17, 15) is 0 Å². The lowest BCUT2D eigenvalue weighted by molar-refractivity contribution is 0.0199. The van der Waals surface area contributed by atoms with Crippen molar-refractivity contribution < 1.29 is 4.74 Å². The number of ether oxygens (including phenoxy) is 1. The van der Waals surface area contributed by atoms with E-state index in [2.05, 4.69) is 52.0 Å². The van der Waals surface area contributed by atoms with E-state index in [4.69, 9.17) is 26.4 Å². The predicted molar refractivity (Wildman–Crippen MR) is 131 cm³/mol. The molecule has 0 unspecified atom stereocenters. The van der Waals surface area contributed by atoms with Crippen LogP contribution in [0.25, 0.3) is 16.6 Å². The van der Waals surface area contributed by atoms with Crippen LogP contribution < -0.4 is 4.74 Å². The molecule has 0 N–H and O–H groups in total. The third-order valence-corrected chi connectivity index (χ3v) is 8.33. The predicted octanol–water partition coefficient (Wildman–Crippen LogP) is 6.72. The van der Waals surface area contributed by atoms with Crippen LogP contribution in [0.1, 0.15) is 42.1 Å². The smallest absolute Gasteiger partial charge is 0.221 e. The zero-order chi connectivity index (χ0) is 22.2. The quantitative estimate of drug-likeness (QED) is 0.315. The molecule has 2 aliphatic heterocycles. The van der Waals surface area contributed by atoms with Crippen molar-refractivity contribution in [3.8, 4) is 11.6 Å². The highest BCUT2D eigenvalue weighted by atomic mass is 35.5. The van der Waals surface area contributed by atoms with Crippen molar-refractivity contribution in [3.63, 3.8) is 0 Å². The van der Waals surface area contributed by atoms with Crippen molar-refractivity contribution >= 4 is 34.3 Å². The standard InChI is InChI=1S/C26H24ClN3OS/c1-14-8-7-9-16-12-17-22-18(13-32-24(17)28-23(14)16)26(3,4)31-25-21(22)15(2)29-30(25)20-11-6-5-10-19(20)27/h5-12,18,22H,13H2,1-4H3/t18-,22+/m1/s1. The van der Waals surface area contributed by atoms with Gasteiger partial charge in [0.05, 0.1) is 21.9 Å². The monoisotopic (exact) mass is 461 g/mol. The molecular formula is C26H24ClN3OS. The van der Waals surface area contributed by atoms with E-state index in [0.717, 1.165) is 39.1 Å². The molecule has 0 spiro atoms. The first-order chi connectivity index (χ1) is 15.3. The van der Waals surface area contributed by atoms with E-state index < -0.39 is 0 Å². The van der Waals surface area contributed by atoms with Crippen LogP contribution in [0.15, 0.2) is 53.6 Å². The Kier molecular flexibility index (Phi) is 4.40. The largest absolute Gasteiger partial charge is 0.471 e. The zero-order valence-corrected chi connectivity index (χ0v) is 20.1. The van der Waals surface area contributed by atoms with E-state index in [1.54, 1.807) is 0 Å². The zero-order valence-electron chi connectivity index (χ0n) is 18.5. The summed E-state index contributed by atoms with van der Waals surface area (Å²) >= 11 is 8.40. The molecule has 4 nitrogen and oxygen atoms in total. The van der Waals surface area contributed by atoms with Crippen LogP contribution in [0.4, 0.5) is 0 Å². The van der Waals surface area contributed by atoms with Crippen molar-refractivity contribution in [1.29, 1.82) is 0 Å². The van der Waals surface area contributed by atoms with Gasteiger partial charge in [0.15, 0.2) is 0 Å². The first-order valence-electron chi connectivity index (χ1n) is 10.9. The molecule has 0 fully saturated rings. The summed E-state index contributed by atoms with van der Waals surface area (Å²) in [7, 11) is 0. The topological polar surface area (TPSA) is 39.9 Å². The Labute approximate surface area is 197 Å². The lowest BCUT2D eigenvalue weighted by atomic mass is 9.72. The minimum atomic E-state index is -0.352. The van der Waals surface area contributed by atoms with E-state index >= 15 is 0 Å². The highest BCUT2D eigenvalue weighted by molar-refractivity contribution is 7.99. The van der Waals surface area contributed by atoms with Crippen LogP contribution in [-0.2, 0) is 0 Å². The first kappa shape index (κ1) is 20.1. The third-order valence-electron chi connectivity index (χ3n) is 6.88. The lowest BCUT2D eigenvalue weighted by Gasteiger charge is -2.46. The molecule has 6 heteroatoms. The molecule has 32 heavy (non-hydrogen) atoms. The minimum absolute atomic E-state index is 0.179. The molecular weight excluding hydrogens is 438 g/mol. The fourth-order valence-corrected chi connectivity index (χ4v) is 6.87. The molecule has 2 aromatic carbocycles. The van der Waals surface area contributed by atoms with Crippen LogP contribution in [0, 0.1) is 19.8 Å². The third kappa shape index (κ3) is 2.84. The normalized spacial score (nSPS) is 20.9. The number of benzene rings is 2. The molecule has 4 aromatic rings. The fraction of sp³-hybridized carbons (Fsp3) is 0.308. The number of halogens is 1. The first-order valence-corrected chi connectivity index (χ1v) is 12.3. The summed E-state index contributed by atoms with van der Waals surface area (Å²) in [6.45, 7) is 8.59. The lowest BCUT2D eigenvalue weighted by Crippen LogP contribution is -2.47. The fourth-order valence-electron chi connectivity index (χ4n) is 5.21. The van der Waals surface area contributed by atoms with Crippen LogP contribution in [0.2, 0.25) is 5.02 Å². The van der Waals surface area contributed by atoms with Gasteiger partial charge in [0.2, 0.25) is 5.88 Å². The number of hydrogen-bond acceptors (Lipinski definition) is 4. The summed E-state index contributed by atoms with van der Waals surface area (Å²) in [5, 5.41) is 7.88. The maximum absolute atomic E-state index is 6.68. The molecule has 0 saturated heterocycles. The van der Waals surface area contributed by atoms with Gasteiger partial charge in [0.1, 0.15) is 10.6 Å². The highest BCUT2D eigenvalue weighted by Gasteiger charge is 2.50. The maximum atomic E-state index is 6.68. The van der Waals surface area contributed by atoms with Crippen molar-refractivity contribution in [2.24, 2.45) is 5.92 Å². The summed E-state index contributed by atoms with van der Waals surface area (Å²) in [6.07, 6.45) is 0. The number of hydrogen-bond donors (Lipinski definition) is 0. The number of para-hydroxylation sites is 2. The molecule has 162 valence electrons. The van der Waals surface area contributed by atoms with Gasteiger partial charge < -0.3 is 4.74 Å². The Balaban J connectivity index is 1.62. The van der Waals surface area contributed by atoms with Crippen molar-refractivity contribution in [2.45, 2.75) is 44.2 Å².